The van der Waals surface area contributed by atoms with E-state index in [1.165, 1.54) is 12.8 Å². The van der Waals surface area contributed by atoms with Crippen LogP contribution in [-0.2, 0) is 0 Å². The zero-order valence-electron chi connectivity index (χ0n) is 10.9. The minimum Gasteiger partial charge on any atom is -1.00 e. The van der Waals surface area contributed by atoms with Gasteiger partial charge in [0.2, 0.25) is 5.82 Å². The second-order valence-corrected chi connectivity index (χ2v) is 4.96. The predicted octanol–water partition coefficient (Wildman–Crippen LogP) is -5.96. The van der Waals surface area contributed by atoms with Gasteiger partial charge in [-0.1, -0.05) is 0 Å². The average molecular weight is 304 g/mol. The molecule has 2 aromatic heterocycles. The van der Waals surface area contributed by atoms with Crippen LogP contribution < -0.4 is 40.4 Å². The number of hydrogen-bond donors (Lipinski definition) is 3. The van der Waals surface area contributed by atoms with Crippen LogP contribution in [0, 0.1) is 6.92 Å². The van der Waals surface area contributed by atoms with Gasteiger partial charge in [0.15, 0.2) is 0 Å². The van der Waals surface area contributed by atoms with Crippen molar-refractivity contribution in [3.05, 3.63) is 24.0 Å². The number of aromatic nitrogens is 3. The van der Waals surface area contributed by atoms with E-state index in [0.29, 0.717) is 12.1 Å². The number of nitrogens with one attached hydrogen (secondary N) is 2. The quantitative estimate of drug-likeness (QED) is 0.484. The number of aromatic amines is 1. The summed E-state index contributed by atoms with van der Waals surface area (Å²) in [6.07, 6.45) is 5.49. The van der Waals surface area contributed by atoms with Crippen molar-refractivity contribution in [3.63, 3.8) is 0 Å². The molecule has 7 heteroatoms. The Kier molecular flexibility index (Phi) is 5.40. The van der Waals surface area contributed by atoms with Crippen LogP contribution in [0.5, 0.6) is 0 Å². The van der Waals surface area contributed by atoms with Gasteiger partial charge in [-0.05, 0) is 13.3 Å². The number of aryl methyl sites for hydroxylation is 1. The van der Waals surface area contributed by atoms with E-state index >= 15 is 0 Å². The van der Waals surface area contributed by atoms with Crippen LogP contribution in [0.1, 0.15) is 25.0 Å². The molecule has 5 N–H and O–H groups in total. The molecule has 1 saturated carbocycles. The number of rotatable bonds is 2. The van der Waals surface area contributed by atoms with Crippen LogP contribution >= 0.6 is 0 Å². The second-order valence-electron chi connectivity index (χ2n) is 4.96. The average Bonchev–Trinajstić information content (AvgIpc) is 2.87. The molecule has 106 valence electrons. The molecule has 1 aliphatic rings. The van der Waals surface area contributed by atoms with Gasteiger partial charge in [0.1, 0.15) is 5.69 Å². The molecule has 5 nitrogen and oxygen atoms in total. The lowest BCUT2D eigenvalue weighted by Gasteiger charge is -2.08. The molecule has 0 bridgehead atoms. The smallest absolute Gasteiger partial charge is 0.286 e. The van der Waals surface area contributed by atoms with Gasteiger partial charge in [-0.2, -0.15) is 0 Å². The fourth-order valence-corrected chi connectivity index (χ4v) is 2.60. The van der Waals surface area contributed by atoms with Gasteiger partial charge in [0.05, 0.1) is 18.2 Å². The van der Waals surface area contributed by atoms with E-state index < -0.39 is 0 Å². The van der Waals surface area contributed by atoms with Gasteiger partial charge in [0, 0.05) is 25.1 Å². The Labute approximate surface area is 124 Å². The molecule has 0 aliphatic heterocycles. The van der Waals surface area contributed by atoms with Gasteiger partial charge < -0.3 is 35.9 Å². The summed E-state index contributed by atoms with van der Waals surface area (Å²) in [5.74, 6) is 1.09. The summed E-state index contributed by atoms with van der Waals surface area (Å²) in [4.78, 5) is 4.47. The highest BCUT2D eigenvalue weighted by Gasteiger charge is 2.27. The maximum Gasteiger partial charge on any atom is 0.286 e. The van der Waals surface area contributed by atoms with Crippen molar-refractivity contribution in [2.24, 2.45) is 0 Å². The van der Waals surface area contributed by atoms with Gasteiger partial charge >= 0.3 is 0 Å². The SMILES string of the molecule is Cc1cc(N[C@@H]2CC[C@H]([NH3+])C2)[n+]2[nH]ccc2n1.[Cl-].[Cl-]. The van der Waals surface area contributed by atoms with Crippen molar-refractivity contribution in [2.75, 3.05) is 5.32 Å². The molecule has 19 heavy (non-hydrogen) atoms. The standard InChI is InChI=1S/C12H17N5.2ClH/c1-8-6-12(16-10-3-2-9(13)7-10)17-11(15-8)4-5-14-17;;/h4-6,9-10H,2-3,7,13H2,1H3,(H,14,15,16);2*1H/t9-,10+;;/m0../s1. The van der Waals surface area contributed by atoms with E-state index in [1.54, 1.807) is 0 Å². The van der Waals surface area contributed by atoms with Crippen LogP contribution in [0.25, 0.3) is 5.65 Å². The fourth-order valence-electron chi connectivity index (χ4n) is 2.60. The third-order valence-electron chi connectivity index (χ3n) is 3.44. The number of nitrogens with zero attached hydrogens (tertiary/aromatic N) is 2. The Bertz CT molecular complexity index is 542. The Hall–Kier alpha value is -1.04. The van der Waals surface area contributed by atoms with Crippen LogP contribution in [0.15, 0.2) is 18.3 Å². The van der Waals surface area contributed by atoms with E-state index in [1.807, 2.05) is 23.7 Å². The monoisotopic (exact) mass is 303 g/mol. The van der Waals surface area contributed by atoms with Crippen LogP contribution in [0.3, 0.4) is 0 Å². The molecule has 0 aromatic carbocycles. The molecule has 2 aromatic rings. The van der Waals surface area contributed by atoms with Gasteiger partial charge in [0.25, 0.3) is 5.65 Å². The Morgan fingerprint density at radius 1 is 1.42 bits per heavy atom. The zero-order valence-corrected chi connectivity index (χ0v) is 12.4. The number of halogens is 2. The summed E-state index contributed by atoms with van der Waals surface area (Å²) in [6, 6.07) is 5.20. The van der Waals surface area contributed by atoms with Gasteiger partial charge in [-0.3, -0.25) is 5.10 Å². The highest BCUT2D eigenvalue weighted by atomic mass is 35.5. The number of hydrogen-bond acceptors (Lipinski definition) is 2. The molecular formula is C12H19Cl2N5. The molecule has 1 aliphatic carbocycles. The van der Waals surface area contributed by atoms with Crippen LogP contribution in [0.2, 0.25) is 0 Å². The van der Waals surface area contributed by atoms with Crippen molar-refractivity contribution < 1.29 is 35.1 Å². The van der Waals surface area contributed by atoms with Crippen molar-refractivity contribution in [1.82, 2.24) is 10.1 Å². The summed E-state index contributed by atoms with van der Waals surface area (Å²) in [5.41, 5.74) is 6.13. The Balaban J connectivity index is 0.000000902. The van der Waals surface area contributed by atoms with E-state index in [2.05, 4.69) is 27.2 Å². The molecule has 2 atom stereocenters. The first-order valence-electron chi connectivity index (χ1n) is 6.19. The Morgan fingerprint density at radius 2 is 2.21 bits per heavy atom. The molecular weight excluding hydrogens is 285 g/mol. The number of fused-ring (bicyclic) bond motifs is 1. The molecule has 0 unspecified atom stereocenters. The molecule has 0 saturated heterocycles. The first-order valence-corrected chi connectivity index (χ1v) is 6.19. The predicted molar refractivity (Wildman–Crippen MR) is 64.4 cm³/mol. The van der Waals surface area contributed by atoms with E-state index in [-0.39, 0.29) is 24.8 Å². The summed E-state index contributed by atoms with van der Waals surface area (Å²) in [7, 11) is 0. The zero-order chi connectivity index (χ0) is 11.8. The molecule has 2 heterocycles. The molecule has 0 spiro atoms. The van der Waals surface area contributed by atoms with Gasteiger partial charge in [-0.25, -0.2) is 0 Å². The molecule has 3 rings (SSSR count). The number of quaternary nitrogens is 1. The highest BCUT2D eigenvalue weighted by molar-refractivity contribution is 5.38. The summed E-state index contributed by atoms with van der Waals surface area (Å²) in [5, 5.41) is 6.77. The van der Waals surface area contributed by atoms with Crippen molar-refractivity contribution >= 4 is 11.5 Å². The lowest BCUT2D eigenvalue weighted by atomic mass is 10.2. The normalized spacial score (nSPS) is 21.8. The van der Waals surface area contributed by atoms with Gasteiger partial charge in [-0.15, -0.1) is 9.50 Å². The van der Waals surface area contributed by atoms with Crippen LogP contribution in [-0.4, -0.2) is 22.2 Å². The maximum atomic E-state index is 4.47. The third-order valence-corrected chi connectivity index (χ3v) is 3.44. The summed E-state index contributed by atoms with van der Waals surface area (Å²) >= 11 is 0. The first kappa shape index (κ1) is 16.0. The largest absolute Gasteiger partial charge is 1.00 e. The fraction of sp³-hybridized carbons (Fsp3) is 0.500. The highest BCUT2D eigenvalue weighted by Crippen LogP contribution is 2.19. The third kappa shape index (κ3) is 3.29. The summed E-state index contributed by atoms with van der Waals surface area (Å²) in [6.45, 7) is 2.02. The van der Waals surface area contributed by atoms with E-state index in [0.717, 1.165) is 23.6 Å². The topological polar surface area (TPSA) is 72.5 Å². The number of anilines is 1. The molecule has 1 fully saturated rings. The Morgan fingerprint density at radius 3 is 2.89 bits per heavy atom. The van der Waals surface area contributed by atoms with Crippen LogP contribution in [0.4, 0.5) is 5.82 Å². The summed E-state index contributed by atoms with van der Waals surface area (Å²) < 4.78 is 1.99. The minimum atomic E-state index is 0. The van der Waals surface area contributed by atoms with E-state index in [4.69, 9.17) is 0 Å². The lowest BCUT2D eigenvalue weighted by Crippen LogP contribution is -3.00. The van der Waals surface area contributed by atoms with E-state index in [9.17, 15) is 0 Å². The molecule has 0 amide bonds. The first-order chi connectivity index (χ1) is 8.22. The number of H-pyrrole nitrogens is 1. The molecule has 0 radical (unpaired) electrons. The minimum absolute atomic E-state index is 0. The van der Waals surface area contributed by atoms with Crippen molar-refractivity contribution in [1.29, 1.82) is 0 Å². The second kappa shape index (κ2) is 6.41. The van der Waals surface area contributed by atoms with Crippen molar-refractivity contribution in [2.45, 2.75) is 38.3 Å². The lowest BCUT2D eigenvalue weighted by molar-refractivity contribution is -0.564. The maximum absolute atomic E-state index is 4.47. The van der Waals surface area contributed by atoms with Crippen molar-refractivity contribution in [3.8, 4) is 0 Å².